The van der Waals surface area contributed by atoms with Crippen LogP contribution in [0.3, 0.4) is 0 Å². The molecule has 0 aliphatic heterocycles. The molecule has 0 bridgehead atoms. The molecular formula is C10H11BrO2. The van der Waals surface area contributed by atoms with Gasteiger partial charge in [-0.1, -0.05) is 45.8 Å². The predicted molar refractivity (Wildman–Crippen MR) is 54.9 cm³/mol. The van der Waals surface area contributed by atoms with Crippen LogP contribution in [0.4, 0.5) is 0 Å². The summed E-state index contributed by atoms with van der Waals surface area (Å²) in [6.45, 7) is 2.50. The Morgan fingerprint density at radius 2 is 2.08 bits per heavy atom. The first kappa shape index (κ1) is 10.3. The predicted octanol–water partition coefficient (Wildman–Crippen LogP) is 2.60. The molecule has 0 radical (unpaired) electrons. The summed E-state index contributed by atoms with van der Waals surface area (Å²) >= 11 is 3.29. The highest BCUT2D eigenvalue weighted by atomic mass is 79.9. The zero-order valence-electron chi connectivity index (χ0n) is 7.37. The number of benzene rings is 1. The average molecular weight is 243 g/mol. The quantitative estimate of drug-likeness (QED) is 0.600. The fourth-order valence-electron chi connectivity index (χ4n) is 1.05. The lowest BCUT2D eigenvalue weighted by molar-refractivity contribution is -0.132. The van der Waals surface area contributed by atoms with Gasteiger partial charge in [0, 0.05) is 5.33 Å². The molecule has 13 heavy (non-hydrogen) atoms. The van der Waals surface area contributed by atoms with Crippen LogP contribution in [0.5, 0.6) is 0 Å². The van der Waals surface area contributed by atoms with Crippen LogP contribution in [0.1, 0.15) is 17.2 Å². The number of halogens is 1. The Kier molecular flexibility index (Phi) is 3.96. The number of carbonyl (C=O) groups excluding carboxylic acids is 1. The smallest absolute Gasteiger partial charge is 0.293 e. The summed E-state index contributed by atoms with van der Waals surface area (Å²) < 4.78 is 4.89. The molecule has 0 spiro atoms. The molecule has 1 unspecified atom stereocenters. The van der Waals surface area contributed by atoms with Crippen molar-refractivity contribution in [3.05, 3.63) is 35.4 Å². The molecule has 1 rings (SSSR count). The molecule has 1 atom stereocenters. The van der Waals surface area contributed by atoms with E-state index in [2.05, 4.69) is 15.9 Å². The Labute approximate surface area is 86.0 Å². The van der Waals surface area contributed by atoms with Crippen molar-refractivity contribution in [2.45, 2.75) is 13.0 Å². The molecule has 0 N–H and O–H groups in total. The molecule has 0 heterocycles. The van der Waals surface area contributed by atoms with Crippen molar-refractivity contribution in [1.29, 1.82) is 0 Å². The summed E-state index contributed by atoms with van der Waals surface area (Å²) in [6.07, 6.45) is -0.182. The molecule has 2 nitrogen and oxygen atoms in total. The Morgan fingerprint density at radius 1 is 1.46 bits per heavy atom. The van der Waals surface area contributed by atoms with Gasteiger partial charge in [0.1, 0.15) is 6.10 Å². The molecule has 0 amide bonds. The topological polar surface area (TPSA) is 26.3 Å². The number of aryl methyl sites for hydroxylation is 1. The van der Waals surface area contributed by atoms with Crippen molar-refractivity contribution in [3.63, 3.8) is 0 Å². The van der Waals surface area contributed by atoms with E-state index in [1.807, 2.05) is 31.2 Å². The van der Waals surface area contributed by atoms with E-state index in [0.29, 0.717) is 11.8 Å². The maximum atomic E-state index is 10.2. The van der Waals surface area contributed by atoms with E-state index in [1.165, 1.54) is 5.56 Å². The summed E-state index contributed by atoms with van der Waals surface area (Å²) in [5.74, 6) is 0. The highest BCUT2D eigenvalue weighted by Crippen LogP contribution is 2.19. The monoisotopic (exact) mass is 242 g/mol. The van der Waals surface area contributed by atoms with Crippen LogP contribution in [0.2, 0.25) is 0 Å². The molecule has 0 aliphatic rings. The van der Waals surface area contributed by atoms with Gasteiger partial charge in [0.2, 0.25) is 0 Å². The van der Waals surface area contributed by atoms with Crippen molar-refractivity contribution in [1.82, 2.24) is 0 Å². The summed E-state index contributed by atoms with van der Waals surface area (Å²) in [4.78, 5) is 10.2. The Hall–Kier alpha value is -0.830. The lowest BCUT2D eigenvalue weighted by atomic mass is 10.1. The molecule has 1 aromatic carbocycles. The Morgan fingerprint density at radius 3 is 2.54 bits per heavy atom. The summed E-state index contributed by atoms with van der Waals surface area (Å²) in [5.41, 5.74) is 2.21. The second-order valence-electron chi connectivity index (χ2n) is 2.79. The summed E-state index contributed by atoms with van der Waals surface area (Å²) in [5, 5.41) is 0.620. The van der Waals surface area contributed by atoms with Gasteiger partial charge < -0.3 is 4.74 Å². The average Bonchev–Trinajstić information content (AvgIpc) is 2.16. The number of ether oxygens (including phenoxy) is 1. The number of hydrogen-bond acceptors (Lipinski definition) is 2. The molecule has 0 aliphatic carbocycles. The van der Waals surface area contributed by atoms with E-state index in [1.54, 1.807) is 0 Å². The van der Waals surface area contributed by atoms with Gasteiger partial charge in [0.05, 0.1) is 0 Å². The van der Waals surface area contributed by atoms with Crippen molar-refractivity contribution < 1.29 is 9.53 Å². The summed E-state index contributed by atoms with van der Waals surface area (Å²) in [6, 6.07) is 7.92. The van der Waals surface area contributed by atoms with Crippen LogP contribution in [0.15, 0.2) is 24.3 Å². The van der Waals surface area contributed by atoms with Crippen molar-refractivity contribution >= 4 is 22.4 Å². The largest absolute Gasteiger partial charge is 0.459 e. The van der Waals surface area contributed by atoms with Crippen LogP contribution < -0.4 is 0 Å². The van der Waals surface area contributed by atoms with E-state index in [-0.39, 0.29) is 6.10 Å². The first-order chi connectivity index (χ1) is 6.27. The highest BCUT2D eigenvalue weighted by molar-refractivity contribution is 9.09. The van der Waals surface area contributed by atoms with Crippen LogP contribution in [0.25, 0.3) is 0 Å². The van der Waals surface area contributed by atoms with Gasteiger partial charge in [-0.15, -0.1) is 0 Å². The fraction of sp³-hybridized carbons (Fsp3) is 0.300. The lowest BCUT2D eigenvalue weighted by Crippen LogP contribution is -2.04. The first-order valence-corrected chi connectivity index (χ1v) is 5.11. The molecule has 1 aromatic rings. The molecule has 70 valence electrons. The fourth-order valence-corrected chi connectivity index (χ4v) is 1.58. The molecule has 0 aromatic heterocycles. The van der Waals surface area contributed by atoms with Crippen LogP contribution >= 0.6 is 15.9 Å². The zero-order valence-corrected chi connectivity index (χ0v) is 8.95. The van der Waals surface area contributed by atoms with Crippen LogP contribution in [-0.4, -0.2) is 11.8 Å². The minimum atomic E-state index is -0.182. The number of alkyl halides is 1. The second-order valence-corrected chi connectivity index (χ2v) is 3.43. The Balaban J connectivity index is 2.78. The maximum absolute atomic E-state index is 10.2. The second kappa shape index (κ2) is 5.02. The maximum Gasteiger partial charge on any atom is 0.293 e. The van der Waals surface area contributed by atoms with Gasteiger partial charge in [-0.25, -0.2) is 0 Å². The van der Waals surface area contributed by atoms with Crippen molar-refractivity contribution in [2.24, 2.45) is 0 Å². The van der Waals surface area contributed by atoms with Gasteiger partial charge >= 0.3 is 0 Å². The van der Waals surface area contributed by atoms with E-state index >= 15 is 0 Å². The lowest BCUT2D eigenvalue weighted by Gasteiger charge is -2.12. The highest BCUT2D eigenvalue weighted by Gasteiger charge is 2.09. The SMILES string of the molecule is Cc1ccc(C(CBr)OC=O)cc1. The number of rotatable bonds is 4. The third-order valence-corrected chi connectivity index (χ3v) is 2.40. The molecule has 3 heteroatoms. The van der Waals surface area contributed by atoms with E-state index in [4.69, 9.17) is 4.74 Å². The van der Waals surface area contributed by atoms with E-state index in [9.17, 15) is 4.79 Å². The molecular weight excluding hydrogens is 232 g/mol. The van der Waals surface area contributed by atoms with Gasteiger partial charge in [-0.2, -0.15) is 0 Å². The van der Waals surface area contributed by atoms with Crippen LogP contribution in [-0.2, 0) is 9.53 Å². The molecule has 0 fully saturated rings. The van der Waals surface area contributed by atoms with Crippen molar-refractivity contribution in [3.8, 4) is 0 Å². The number of carbonyl (C=O) groups is 1. The Bertz CT molecular complexity index is 269. The third-order valence-electron chi connectivity index (χ3n) is 1.81. The van der Waals surface area contributed by atoms with Gasteiger partial charge in [0.25, 0.3) is 6.47 Å². The first-order valence-electron chi connectivity index (χ1n) is 3.99. The summed E-state index contributed by atoms with van der Waals surface area (Å²) in [7, 11) is 0. The minimum Gasteiger partial charge on any atom is -0.459 e. The van der Waals surface area contributed by atoms with E-state index < -0.39 is 0 Å². The van der Waals surface area contributed by atoms with Crippen LogP contribution in [0, 0.1) is 6.92 Å². The number of hydrogen-bond donors (Lipinski definition) is 0. The van der Waals surface area contributed by atoms with Gasteiger partial charge in [-0.05, 0) is 12.5 Å². The molecule has 0 saturated carbocycles. The third kappa shape index (κ3) is 2.84. The van der Waals surface area contributed by atoms with E-state index in [0.717, 1.165) is 5.56 Å². The molecule has 0 saturated heterocycles. The standard InChI is InChI=1S/C10H11BrO2/c1-8-2-4-9(5-3-8)10(6-11)13-7-12/h2-5,7,10H,6H2,1H3. The van der Waals surface area contributed by atoms with Gasteiger partial charge in [-0.3, -0.25) is 4.79 Å². The van der Waals surface area contributed by atoms with Gasteiger partial charge in [0.15, 0.2) is 0 Å². The normalized spacial score (nSPS) is 12.2. The zero-order chi connectivity index (χ0) is 9.68. The minimum absolute atomic E-state index is 0.182. The van der Waals surface area contributed by atoms with Crippen molar-refractivity contribution in [2.75, 3.05) is 5.33 Å².